The predicted octanol–water partition coefficient (Wildman–Crippen LogP) is 2.89. The second-order valence-corrected chi connectivity index (χ2v) is 6.43. The van der Waals surface area contributed by atoms with Gasteiger partial charge in [-0.1, -0.05) is 44.2 Å². The lowest BCUT2D eigenvalue weighted by atomic mass is 9.90. The molecule has 2 N–H and O–H groups in total. The summed E-state index contributed by atoms with van der Waals surface area (Å²) in [6.07, 6.45) is 1.99. The Labute approximate surface area is 132 Å². The van der Waals surface area contributed by atoms with Gasteiger partial charge in [-0.3, -0.25) is 0 Å². The third kappa shape index (κ3) is 4.31. The average molecular weight is 302 g/mol. The van der Waals surface area contributed by atoms with Gasteiger partial charge in [-0.2, -0.15) is 0 Å². The van der Waals surface area contributed by atoms with E-state index >= 15 is 0 Å². The number of aromatic nitrogens is 3. The number of para-hydroxylation sites is 1. The van der Waals surface area contributed by atoms with E-state index in [0.717, 1.165) is 36.5 Å². The molecular weight excluding hydrogens is 276 g/mol. The van der Waals surface area contributed by atoms with Crippen LogP contribution >= 0.6 is 0 Å². The van der Waals surface area contributed by atoms with Crippen LogP contribution in [0.1, 0.15) is 45.0 Å². The Kier molecular flexibility index (Phi) is 5.55. The highest BCUT2D eigenvalue weighted by Gasteiger charge is 2.24. The zero-order valence-corrected chi connectivity index (χ0v) is 13.7. The number of nitrogens with two attached hydrogens (primary N) is 1. The summed E-state index contributed by atoms with van der Waals surface area (Å²) in [6.45, 7) is 8.49. The second kappa shape index (κ2) is 7.40. The minimum absolute atomic E-state index is 0.00125. The highest BCUT2D eigenvalue weighted by atomic mass is 16.5. The first-order chi connectivity index (χ1) is 10.5. The Bertz CT molecular complexity index is 572. The predicted molar refractivity (Wildman–Crippen MR) is 87.8 cm³/mol. The summed E-state index contributed by atoms with van der Waals surface area (Å²) in [5.41, 5.74) is 7.80. The molecule has 2 aromatic rings. The fourth-order valence-corrected chi connectivity index (χ4v) is 2.53. The molecule has 0 aliphatic heterocycles. The highest BCUT2D eigenvalue weighted by Crippen LogP contribution is 2.24. The Morgan fingerprint density at radius 2 is 1.86 bits per heavy atom. The van der Waals surface area contributed by atoms with Crippen molar-refractivity contribution in [3.63, 3.8) is 0 Å². The summed E-state index contributed by atoms with van der Waals surface area (Å²) in [5, 5.41) is 8.46. The van der Waals surface area contributed by atoms with Crippen LogP contribution < -0.4 is 10.5 Å². The summed E-state index contributed by atoms with van der Waals surface area (Å²) in [4.78, 5) is 0. The van der Waals surface area contributed by atoms with Crippen molar-refractivity contribution >= 4 is 0 Å². The highest BCUT2D eigenvalue weighted by molar-refractivity contribution is 5.21. The summed E-state index contributed by atoms with van der Waals surface area (Å²) in [7, 11) is 0. The van der Waals surface area contributed by atoms with Gasteiger partial charge >= 0.3 is 0 Å². The third-order valence-electron chi connectivity index (χ3n) is 3.48. The molecule has 0 aliphatic carbocycles. The molecule has 0 amide bonds. The van der Waals surface area contributed by atoms with Crippen LogP contribution in [0.4, 0.5) is 0 Å². The van der Waals surface area contributed by atoms with E-state index in [1.807, 2.05) is 35.0 Å². The normalized spacial score (nSPS) is 11.6. The lowest BCUT2D eigenvalue weighted by Crippen LogP contribution is -2.21. The molecule has 0 spiro atoms. The van der Waals surface area contributed by atoms with Crippen LogP contribution in [0.15, 0.2) is 30.3 Å². The fourth-order valence-electron chi connectivity index (χ4n) is 2.53. The van der Waals surface area contributed by atoms with Crippen LogP contribution in [0.3, 0.4) is 0 Å². The Morgan fingerprint density at radius 1 is 1.14 bits per heavy atom. The molecule has 1 heterocycles. The van der Waals surface area contributed by atoms with Gasteiger partial charge in [-0.15, -0.1) is 5.10 Å². The Hall–Kier alpha value is -1.88. The van der Waals surface area contributed by atoms with Gasteiger partial charge in [0.1, 0.15) is 5.75 Å². The molecule has 2 rings (SSSR count). The molecule has 0 radical (unpaired) electrons. The van der Waals surface area contributed by atoms with Crippen molar-refractivity contribution in [3.05, 3.63) is 41.7 Å². The van der Waals surface area contributed by atoms with Crippen molar-refractivity contribution in [2.75, 3.05) is 6.61 Å². The van der Waals surface area contributed by atoms with Crippen LogP contribution in [0, 0.1) is 0 Å². The van der Waals surface area contributed by atoms with Gasteiger partial charge in [0.2, 0.25) is 0 Å². The van der Waals surface area contributed by atoms with Crippen LogP contribution in [-0.2, 0) is 18.5 Å². The molecule has 5 nitrogen and oxygen atoms in total. The van der Waals surface area contributed by atoms with Crippen molar-refractivity contribution in [1.82, 2.24) is 15.0 Å². The van der Waals surface area contributed by atoms with Crippen molar-refractivity contribution in [2.45, 2.75) is 52.1 Å². The van der Waals surface area contributed by atoms with E-state index < -0.39 is 0 Å². The van der Waals surface area contributed by atoms with E-state index in [9.17, 15) is 0 Å². The van der Waals surface area contributed by atoms with E-state index in [4.69, 9.17) is 10.5 Å². The number of aryl methyl sites for hydroxylation is 1. The maximum atomic E-state index is 5.77. The Morgan fingerprint density at radius 3 is 2.50 bits per heavy atom. The molecule has 0 aliphatic rings. The molecule has 22 heavy (non-hydrogen) atoms. The lowest BCUT2D eigenvalue weighted by molar-refractivity contribution is 0.300. The third-order valence-corrected chi connectivity index (χ3v) is 3.48. The zero-order chi connectivity index (χ0) is 16.0. The summed E-state index contributed by atoms with van der Waals surface area (Å²) in [5.74, 6) is 0.920. The molecule has 0 fully saturated rings. The van der Waals surface area contributed by atoms with E-state index in [1.54, 1.807) is 0 Å². The van der Waals surface area contributed by atoms with E-state index in [0.29, 0.717) is 13.2 Å². The molecule has 0 saturated carbocycles. The monoisotopic (exact) mass is 302 g/mol. The van der Waals surface area contributed by atoms with Crippen molar-refractivity contribution in [2.24, 2.45) is 5.73 Å². The molecule has 120 valence electrons. The van der Waals surface area contributed by atoms with Gasteiger partial charge < -0.3 is 10.5 Å². The SMILES string of the molecule is CC(C)(C)c1c(CN)nnn1CCCCOc1ccccc1. The van der Waals surface area contributed by atoms with Crippen molar-refractivity contribution in [1.29, 1.82) is 0 Å². The number of benzene rings is 1. The molecule has 1 aromatic heterocycles. The molecule has 0 unspecified atom stereocenters. The van der Waals surface area contributed by atoms with Gasteiger partial charge in [-0.05, 0) is 25.0 Å². The fraction of sp³-hybridized carbons (Fsp3) is 0.529. The number of unbranched alkanes of at least 4 members (excludes halogenated alkanes) is 1. The first kappa shape index (κ1) is 16.5. The summed E-state index contributed by atoms with van der Waals surface area (Å²) in [6, 6.07) is 9.90. The van der Waals surface area contributed by atoms with Gasteiger partial charge in [0.15, 0.2) is 0 Å². The minimum atomic E-state index is -0.00125. The average Bonchev–Trinajstić information content (AvgIpc) is 2.91. The second-order valence-electron chi connectivity index (χ2n) is 6.43. The summed E-state index contributed by atoms with van der Waals surface area (Å²) < 4.78 is 7.69. The van der Waals surface area contributed by atoms with Gasteiger partial charge in [0, 0.05) is 18.5 Å². The van der Waals surface area contributed by atoms with Crippen LogP contribution in [0.5, 0.6) is 5.75 Å². The molecule has 1 aromatic carbocycles. The molecular formula is C17H26N4O. The van der Waals surface area contributed by atoms with E-state index in [-0.39, 0.29) is 5.41 Å². The Balaban J connectivity index is 1.83. The smallest absolute Gasteiger partial charge is 0.119 e. The van der Waals surface area contributed by atoms with Gasteiger partial charge in [-0.25, -0.2) is 4.68 Å². The number of hydrogen-bond acceptors (Lipinski definition) is 4. The maximum absolute atomic E-state index is 5.77. The standard InChI is InChI=1S/C17H26N4O/c1-17(2,3)16-15(13-18)19-20-21(16)11-7-8-12-22-14-9-5-4-6-10-14/h4-6,9-10H,7-8,11-13,18H2,1-3H3. The number of ether oxygens (including phenoxy) is 1. The largest absolute Gasteiger partial charge is 0.494 e. The minimum Gasteiger partial charge on any atom is -0.494 e. The lowest BCUT2D eigenvalue weighted by Gasteiger charge is -2.21. The number of hydrogen-bond donors (Lipinski definition) is 1. The van der Waals surface area contributed by atoms with Crippen LogP contribution in [0.2, 0.25) is 0 Å². The van der Waals surface area contributed by atoms with E-state index in [1.165, 1.54) is 0 Å². The first-order valence-electron chi connectivity index (χ1n) is 7.83. The van der Waals surface area contributed by atoms with Crippen LogP contribution in [-0.4, -0.2) is 21.6 Å². The van der Waals surface area contributed by atoms with E-state index in [2.05, 4.69) is 31.1 Å². The molecule has 0 saturated heterocycles. The van der Waals surface area contributed by atoms with Gasteiger partial charge in [0.25, 0.3) is 0 Å². The first-order valence-corrected chi connectivity index (χ1v) is 7.83. The number of rotatable bonds is 7. The van der Waals surface area contributed by atoms with Gasteiger partial charge in [0.05, 0.1) is 18.0 Å². The van der Waals surface area contributed by atoms with Crippen molar-refractivity contribution < 1.29 is 4.74 Å². The molecule has 0 atom stereocenters. The maximum Gasteiger partial charge on any atom is 0.119 e. The molecule has 0 bridgehead atoms. The molecule has 5 heteroatoms. The number of nitrogens with zero attached hydrogens (tertiary/aromatic N) is 3. The zero-order valence-electron chi connectivity index (χ0n) is 13.7. The topological polar surface area (TPSA) is 66.0 Å². The van der Waals surface area contributed by atoms with Crippen molar-refractivity contribution in [3.8, 4) is 5.75 Å². The van der Waals surface area contributed by atoms with Crippen LogP contribution in [0.25, 0.3) is 0 Å². The quantitative estimate of drug-likeness (QED) is 0.799. The summed E-state index contributed by atoms with van der Waals surface area (Å²) >= 11 is 0.